The maximum atomic E-state index is 5.49. The number of nitrogens with one attached hydrogen (secondary N) is 2. The Hall–Kier alpha value is -1.97. The van der Waals surface area contributed by atoms with Crippen LogP contribution >= 0.6 is 0 Å². The number of hydrogen-bond acceptors (Lipinski definition) is 3. The first-order chi connectivity index (χ1) is 6.36. The largest absolute Gasteiger partial charge is 0.382 e. The van der Waals surface area contributed by atoms with Gasteiger partial charge in [0.25, 0.3) is 0 Å². The lowest BCUT2D eigenvalue weighted by Gasteiger charge is -2.01. The molecule has 1 aliphatic rings. The van der Waals surface area contributed by atoms with Crippen LogP contribution in [0.3, 0.4) is 0 Å². The predicted octanol–water partition coefficient (Wildman–Crippen LogP) is 1.01. The number of nitrogens with two attached hydrogens (primary N) is 1. The van der Waals surface area contributed by atoms with Crippen LogP contribution in [-0.2, 0) is 0 Å². The van der Waals surface area contributed by atoms with Gasteiger partial charge in [0.2, 0.25) is 0 Å². The highest BCUT2D eigenvalue weighted by Gasteiger charge is 2.02. The first-order valence-electron chi connectivity index (χ1n) is 3.97. The molecule has 0 aliphatic carbocycles. The molecule has 0 atom stereocenters. The topological polar surface area (TPSA) is 66.7 Å². The number of rotatable bonds is 1. The third kappa shape index (κ3) is 1.61. The van der Waals surface area contributed by atoms with Gasteiger partial charge in [-0.2, -0.15) is 5.10 Å². The standard InChI is InChI=1S/C9H10N4/c10-9-6-8(12-13-9)7-4-2-1-3-5-11-7/h1-6,11H,(H3,10,12,13). The minimum atomic E-state index is 0.495. The van der Waals surface area contributed by atoms with Crippen molar-refractivity contribution in [3.8, 4) is 0 Å². The van der Waals surface area contributed by atoms with E-state index in [0.29, 0.717) is 5.82 Å². The van der Waals surface area contributed by atoms with Gasteiger partial charge < -0.3 is 11.1 Å². The molecule has 0 saturated carbocycles. The molecule has 66 valence electrons. The molecule has 2 rings (SSSR count). The number of allylic oxidation sites excluding steroid dienone is 4. The van der Waals surface area contributed by atoms with Gasteiger partial charge in [0.15, 0.2) is 0 Å². The Bertz CT molecular complexity index is 384. The molecule has 0 fully saturated rings. The lowest BCUT2D eigenvalue weighted by molar-refractivity contribution is 1.06. The lowest BCUT2D eigenvalue weighted by Crippen LogP contribution is -2.02. The summed E-state index contributed by atoms with van der Waals surface area (Å²) in [6.07, 6.45) is 9.62. The van der Waals surface area contributed by atoms with Crippen molar-refractivity contribution in [1.82, 2.24) is 15.5 Å². The van der Waals surface area contributed by atoms with Crippen molar-refractivity contribution in [3.63, 3.8) is 0 Å². The van der Waals surface area contributed by atoms with E-state index in [4.69, 9.17) is 5.73 Å². The molecule has 1 aromatic heterocycles. The Kier molecular flexibility index (Phi) is 1.88. The van der Waals surface area contributed by atoms with Crippen LogP contribution in [0.4, 0.5) is 5.82 Å². The lowest BCUT2D eigenvalue weighted by atomic mass is 10.3. The normalized spacial score (nSPS) is 14.9. The van der Waals surface area contributed by atoms with E-state index in [1.807, 2.05) is 30.5 Å². The Morgan fingerprint density at radius 3 is 2.92 bits per heavy atom. The molecule has 0 amide bonds. The summed E-state index contributed by atoms with van der Waals surface area (Å²) in [6, 6.07) is 1.78. The summed E-state index contributed by atoms with van der Waals surface area (Å²) in [4.78, 5) is 0. The second-order valence-corrected chi connectivity index (χ2v) is 2.68. The SMILES string of the molecule is Nc1cc(C2=CC=CC=CN2)[nH]n1. The van der Waals surface area contributed by atoms with E-state index in [2.05, 4.69) is 15.5 Å². The summed E-state index contributed by atoms with van der Waals surface area (Å²) < 4.78 is 0. The van der Waals surface area contributed by atoms with Gasteiger partial charge in [-0.3, -0.25) is 5.10 Å². The fourth-order valence-corrected chi connectivity index (χ4v) is 1.10. The number of aromatic amines is 1. The monoisotopic (exact) mass is 174 g/mol. The molecular formula is C9H10N4. The number of hydrogen-bond donors (Lipinski definition) is 3. The molecule has 4 nitrogen and oxygen atoms in total. The highest BCUT2D eigenvalue weighted by molar-refractivity contribution is 5.65. The number of aromatic nitrogens is 2. The first kappa shape index (κ1) is 7.67. The fraction of sp³-hybridized carbons (Fsp3) is 0. The molecule has 0 bridgehead atoms. The van der Waals surface area contributed by atoms with Crippen LogP contribution in [0.25, 0.3) is 5.70 Å². The maximum absolute atomic E-state index is 5.49. The molecule has 13 heavy (non-hydrogen) atoms. The second kappa shape index (κ2) is 3.18. The Balaban J connectivity index is 2.31. The predicted molar refractivity (Wildman–Crippen MR) is 52.4 cm³/mol. The van der Waals surface area contributed by atoms with E-state index in [1.54, 1.807) is 6.07 Å². The molecule has 1 aliphatic heterocycles. The van der Waals surface area contributed by atoms with Gasteiger partial charge in [0.05, 0.1) is 11.4 Å². The minimum absolute atomic E-state index is 0.495. The van der Waals surface area contributed by atoms with E-state index >= 15 is 0 Å². The minimum Gasteiger partial charge on any atom is -0.382 e. The molecule has 0 spiro atoms. The van der Waals surface area contributed by atoms with Crippen molar-refractivity contribution in [3.05, 3.63) is 42.3 Å². The molecule has 4 N–H and O–H groups in total. The second-order valence-electron chi connectivity index (χ2n) is 2.68. The Morgan fingerprint density at radius 1 is 1.23 bits per heavy atom. The number of nitrogens with zero attached hydrogens (tertiary/aromatic N) is 1. The summed E-state index contributed by atoms with van der Waals surface area (Å²) in [7, 11) is 0. The van der Waals surface area contributed by atoms with E-state index in [-0.39, 0.29) is 0 Å². The number of nitrogen functional groups attached to an aromatic ring is 1. The average molecular weight is 174 g/mol. The van der Waals surface area contributed by atoms with Crippen molar-refractivity contribution in [2.24, 2.45) is 0 Å². The average Bonchev–Trinajstić information content (AvgIpc) is 2.43. The summed E-state index contributed by atoms with van der Waals surface area (Å²) in [5.41, 5.74) is 7.33. The van der Waals surface area contributed by atoms with Crippen molar-refractivity contribution < 1.29 is 0 Å². The maximum Gasteiger partial charge on any atom is 0.145 e. The molecule has 0 radical (unpaired) electrons. The third-order valence-electron chi connectivity index (χ3n) is 1.71. The zero-order chi connectivity index (χ0) is 9.10. The smallest absolute Gasteiger partial charge is 0.145 e. The van der Waals surface area contributed by atoms with Crippen LogP contribution in [0, 0.1) is 0 Å². The molecule has 1 aromatic rings. The molecular weight excluding hydrogens is 164 g/mol. The van der Waals surface area contributed by atoms with Gasteiger partial charge in [-0.1, -0.05) is 12.2 Å². The zero-order valence-corrected chi connectivity index (χ0v) is 6.99. The summed E-state index contributed by atoms with van der Waals surface area (Å²) in [5, 5.41) is 9.78. The Morgan fingerprint density at radius 2 is 2.15 bits per heavy atom. The van der Waals surface area contributed by atoms with Crippen molar-refractivity contribution >= 4 is 11.5 Å². The van der Waals surface area contributed by atoms with Crippen molar-refractivity contribution in [1.29, 1.82) is 0 Å². The van der Waals surface area contributed by atoms with Gasteiger partial charge in [0.1, 0.15) is 5.82 Å². The molecule has 0 unspecified atom stereocenters. The summed E-state index contributed by atoms with van der Waals surface area (Å²) in [5.74, 6) is 0.495. The van der Waals surface area contributed by atoms with Crippen molar-refractivity contribution in [2.75, 3.05) is 5.73 Å². The van der Waals surface area contributed by atoms with Gasteiger partial charge >= 0.3 is 0 Å². The highest BCUT2D eigenvalue weighted by atomic mass is 15.2. The van der Waals surface area contributed by atoms with Crippen LogP contribution in [0.15, 0.2) is 36.6 Å². The molecule has 0 aromatic carbocycles. The van der Waals surface area contributed by atoms with E-state index in [9.17, 15) is 0 Å². The van der Waals surface area contributed by atoms with Crippen molar-refractivity contribution in [2.45, 2.75) is 0 Å². The van der Waals surface area contributed by atoms with E-state index in [1.165, 1.54) is 0 Å². The van der Waals surface area contributed by atoms with Gasteiger partial charge in [-0.05, 0) is 12.2 Å². The van der Waals surface area contributed by atoms with Gasteiger partial charge in [-0.25, -0.2) is 0 Å². The first-order valence-corrected chi connectivity index (χ1v) is 3.97. The highest BCUT2D eigenvalue weighted by Crippen LogP contribution is 2.12. The number of H-pyrrole nitrogens is 1. The van der Waals surface area contributed by atoms with Crippen LogP contribution in [0.1, 0.15) is 5.69 Å². The van der Waals surface area contributed by atoms with Crippen LogP contribution in [-0.4, -0.2) is 10.2 Å². The molecule has 0 saturated heterocycles. The summed E-state index contributed by atoms with van der Waals surface area (Å²) in [6.45, 7) is 0. The summed E-state index contributed by atoms with van der Waals surface area (Å²) >= 11 is 0. The zero-order valence-electron chi connectivity index (χ0n) is 6.99. The van der Waals surface area contributed by atoms with E-state index in [0.717, 1.165) is 11.4 Å². The fourth-order valence-electron chi connectivity index (χ4n) is 1.10. The quantitative estimate of drug-likeness (QED) is 0.595. The molecule has 2 heterocycles. The molecule has 4 heteroatoms. The van der Waals surface area contributed by atoms with Gasteiger partial charge in [-0.15, -0.1) is 0 Å². The van der Waals surface area contributed by atoms with E-state index < -0.39 is 0 Å². The Labute approximate surface area is 75.8 Å². The van der Waals surface area contributed by atoms with Crippen LogP contribution in [0.2, 0.25) is 0 Å². The van der Waals surface area contributed by atoms with Crippen LogP contribution in [0.5, 0.6) is 0 Å². The third-order valence-corrected chi connectivity index (χ3v) is 1.71. The van der Waals surface area contributed by atoms with Gasteiger partial charge in [0, 0.05) is 12.3 Å². The van der Waals surface area contributed by atoms with Crippen LogP contribution < -0.4 is 11.1 Å². The number of anilines is 1.